The molecule has 0 radical (unpaired) electrons. The highest BCUT2D eigenvalue weighted by Crippen LogP contribution is 2.07. The number of primary amides is 1. The molecule has 6 atom stereocenters. The van der Waals surface area contributed by atoms with Gasteiger partial charge in [-0.1, -0.05) is 41.5 Å². The number of rotatable bonds is 31. The lowest BCUT2D eigenvalue weighted by Crippen LogP contribution is -2.52. The monoisotopic (exact) mass is 884 g/mol. The number of unbranched alkanes of at least 4 members (excludes halogenated alkanes) is 3. The molecular weight excluding hydrogens is 802 g/mol. The maximum absolute atomic E-state index is 11.8. The Morgan fingerprint density at radius 1 is 0.475 bits per heavy atom. The van der Waals surface area contributed by atoms with Crippen molar-refractivity contribution in [3.8, 4) is 0 Å². The van der Waals surface area contributed by atoms with Gasteiger partial charge in [0, 0.05) is 19.3 Å². The summed E-state index contributed by atoms with van der Waals surface area (Å²) in [5.74, 6) is -3.50. The number of hydrogen-bond acceptors (Lipinski definition) is 16. The van der Waals surface area contributed by atoms with Crippen molar-refractivity contribution >= 4 is 52.9 Å². The number of carboxylic acids is 1. The summed E-state index contributed by atoms with van der Waals surface area (Å²) in [5.41, 5.74) is 20.8. The van der Waals surface area contributed by atoms with Gasteiger partial charge < -0.3 is 80.4 Å². The maximum Gasteiger partial charge on any atom is 0.326 e. The number of likely N-dealkylation sites (N-methyl/N-ethyl adjacent to an activating group) is 3. The van der Waals surface area contributed by atoms with Gasteiger partial charge in [-0.25, -0.2) is 4.79 Å². The smallest absolute Gasteiger partial charge is 0.326 e. The van der Waals surface area contributed by atoms with Crippen molar-refractivity contribution in [1.82, 2.24) is 31.9 Å². The summed E-state index contributed by atoms with van der Waals surface area (Å²) in [4.78, 5) is 68.8. The van der Waals surface area contributed by atoms with Crippen molar-refractivity contribution in [3.05, 3.63) is 0 Å². The molecule has 0 aromatic heterocycles. The molecular formula is C37H81N13O11. The predicted octanol–water partition coefficient (Wildman–Crippen LogP) is -3.32. The maximum atomic E-state index is 11.8. The van der Waals surface area contributed by atoms with Crippen LogP contribution in [0.3, 0.4) is 0 Å². The number of aliphatic hydroxyl groups excluding tert-OH is 4. The third-order valence-corrected chi connectivity index (χ3v) is 8.24. The second-order valence-corrected chi connectivity index (χ2v) is 12.9. The van der Waals surface area contributed by atoms with E-state index in [9.17, 15) is 28.8 Å². The van der Waals surface area contributed by atoms with Crippen LogP contribution in [0.5, 0.6) is 0 Å². The van der Waals surface area contributed by atoms with E-state index in [1.807, 2.05) is 0 Å². The third-order valence-electron chi connectivity index (χ3n) is 8.24. The summed E-state index contributed by atoms with van der Waals surface area (Å²) < 4.78 is 0. The third kappa shape index (κ3) is 35.6. The van der Waals surface area contributed by atoms with E-state index in [-0.39, 0.29) is 59.4 Å². The van der Waals surface area contributed by atoms with Gasteiger partial charge in [0.15, 0.2) is 5.78 Å². The van der Waals surface area contributed by atoms with Crippen LogP contribution in [0.2, 0.25) is 0 Å². The van der Waals surface area contributed by atoms with Gasteiger partial charge in [0.1, 0.15) is 36.8 Å². The van der Waals surface area contributed by atoms with E-state index in [1.165, 1.54) is 21.1 Å². The molecule has 0 aromatic carbocycles. The highest BCUT2D eigenvalue weighted by atomic mass is 16.4. The highest BCUT2D eigenvalue weighted by molar-refractivity contribution is 5.91. The average Bonchev–Trinajstić information content (AvgIpc) is 3.16. The molecule has 4 amide bonds. The number of carbonyl (C=O) groups is 6. The molecule has 0 fully saturated rings. The largest absolute Gasteiger partial charge is 0.480 e. The van der Waals surface area contributed by atoms with Gasteiger partial charge in [-0.05, 0) is 59.7 Å². The van der Waals surface area contributed by atoms with Crippen molar-refractivity contribution in [1.29, 1.82) is 16.2 Å². The number of amidine groups is 3. The van der Waals surface area contributed by atoms with Crippen LogP contribution >= 0.6 is 0 Å². The molecule has 24 heteroatoms. The minimum Gasteiger partial charge on any atom is -0.480 e. The number of aliphatic carboxylic acids is 1. The van der Waals surface area contributed by atoms with Crippen molar-refractivity contribution in [3.63, 3.8) is 0 Å². The first kappa shape index (κ1) is 67.9. The van der Waals surface area contributed by atoms with Crippen LogP contribution in [0.4, 0.5) is 0 Å². The van der Waals surface area contributed by atoms with E-state index in [0.717, 1.165) is 0 Å². The zero-order valence-electron chi connectivity index (χ0n) is 33.8. The molecule has 0 aliphatic carbocycles. The zero-order chi connectivity index (χ0) is 45.2. The van der Waals surface area contributed by atoms with Gasteiger partial charge in [0.25, 0.3) is 0 Å². The summed E-state index contributed by atoms with van der Waals surface area (Å²) >= 11 is 0. The zero-order valence-corrected chi connectivity index (χ0v) is 33.8. The van der Waals surface area contributed by atoms with Gasteiger partial charge in [-0.2, -0.15) is 0 Å². The number of carbonyl (C=O) groups excluding carboxylic acids is 5. The second-order valence-electron chi connectivity index (χ2n) is 12.9. The van der Waals surface area contributed by atoms with Crippen molar-refractivity contribution in [2.45, 2.75) is 136 Å². The number of nitrogens with two attached hydrogens (primary N) is 4. The number of nitrogens with one attached hydrogen (secondary N) is 9. The summed E-state index contributed by atoms with van der Waals surface area (Å²) in [6.07, 6.45) is 5.96. The lowest BCUT2D eigenvalue weighted by molar-refractivity contribution is -0.142. The summed E-state index contributed by atoms with van der Waals surface area (Å²) in [7, 11) is 4.56. The Hall–Kier alpha value is -4.85. The number of hydrogen-bond donors (Lipinski definition) is 18. The number of amides is 4. The minimum absolute atomic E-state index is 0. The van der Waals surface area contributed by atoms with Gasteiger partial charge >= 0.3 is 5.97 Å². The molecule has 0 spiro atoms. The SMILES string of the molecule is C.C.C.CN[C@@H](CO)C(=O)NC(CCCCC(=N)N)C(=O)CO.CN[C@@H](CO)C(=O)NC(CCCCC(=N)N)C(=O)O.CN[C@@H](CO)C(=O)NC(CCCCC(=N)N)C(N)=O. The van der Waals surface area contributed by atoms with Crippen molar-refractivity contribution in [2.75, 3.05) is 47.6 Å². The molecule has 0 saturated heterocycles. The number of Topliss-reactive ketones (excluding diaryl/α,β-unsaturated/α-hetero) is 1. The topological polar surface area (TPSA) is 451 Å². The fourth-order valence-corrected chi connectivity index (χ4v) is 4.69. The van der Waals surface area contributed by atoms with E-state index in [1.54, 1.807) is 0 Å². The van der Waals surface area contributed by atoms with E-state index < -0.39 is 84.8 Å². The second kappa shape index (κ2) is 41.9. The van der Waals surface area contributed by atoms with Crippen LogP contribution in [0.25, 0.3) is 0 Å². The van der Waals surface area contributed by atoms with Crippen LogP contribution in [0.15, 0.2) is 0 Å². The molecule has 3 unspecified atom stereocenters. The van der Waals surface area contributed by atoms with Crippen LogP contribution in [0.1, 0.15) is 99.3 Å². The Morgan fingerprint density at radius 2 is 0.754 bits per heavy atom. The van der Waals surface area contributed by atoms with E-state index in [2.05, 4.69) is 31.9 Å². The van der Waals surface area contributed by atoms with Gasteiger partial charge in [-0.15, -0.1) is 0 Å². The average molecular weight is 884 g/mol. The summed E-state index contributed by atoms with van der Waals surface area (Å²) in [5, 5.41) is 81.1. The molecule has 0 heterocycles. The molecule has 61 heavy (non-hydrogen) atoms. The van der Waals surface area contributed by atoms with Gasteiger partial charge in [-0.3, -0.25) is 40.2 Å². The molecule has 360 valence electrons. The molecule has 24 nitrogen and oxygen atoms in total. The first-order valence-electron chi connectivity index (χ1n) is 18.7. The highest BCUT2D eigenvalue weighted by Gasteiger charge is 2.25. The Labute approximate surface area is 361 Å². The molecule has 0 rings (SSSR count). The molecule has 0 aliphatic heterocycles. The minimum atomic E-state index is -1.12. The molecule has 0 saturated carbocycles. The molecule has 22 N–H and O–H groups in total. The number of carboxylic acid groups (broad SMARTS) is 1. The Bertz CT molecular complexity index is 1210. The lowest BCUT2D eigenvalue weighted by atomic mass is 10.0. The van der Waals surface area contributed by atoms with Crippen LogP contribution in [0, 0.1) is 16.2 Å². The first-order valence-corrected chi connectivity index (χ1v) is 18.7. The summed E-state index contributed by atoms with van der Waals surface area (Å²) in [6.45, 7) is -1.80. The van der Waals surface area contributed by atoms with Gasteiger partial charge in [0.05, 0.1) is 43.4 Å². The van der Waals surface area contributed by atoms with E-state index >= 15 is 0 Å². The molecule has 0 aromatic rings. The Kier molecular flexibility index (Phi) is 46.6. The lowest BCUT2D eigenvalue weighted by Gasteiger charge is -2.20. The predicted molar refractivity (Wildman–Crippen MR) is 236 cm³/mol. The van der Waals surface area contributed by atoms with Gasteiger partial charge in [0.2, 0.25) is 23.6 Å². The van der Waals surface area contributed by atoms with Crippen molar-refractivity contribution < 1.29 is 54.3 Å². The van der Waals surface area contributed by atoms with E-state index in [4.69, 9.17) is 64.7 Å². The quantitative estimate of drug-likeness (QED) is 0.0184. The fraction of sp³-hybridized carbons (Fsp3) is 0.757. The Morgan fingerprint density at radius 3 is 1.00 bits per heavy atom. The summed E-state index contributed by atoms with van der Waals surface area (Å²) in [6, 6.07) is -4.94. The first-order chi connectivity index (χ1) is 27.3. The van der Waals surface area contributed by atoms with Crippen LogP contribution in [-0.2, 0) is 28.8 Å². The fourth-order valence-electron chi connectivity index (χ4n) is 4.69. The standard InChI is InChI=1S/C12H24N4O4.C11H23N5O3.C11H22N4O4.3CH4/c1-15-9(6-17)12(20)16-8(10(19)7-18)4-2-3-5-11(13)14;1-15-8(6-17)11(19)16-7(10(14)18)4-2-3-5-9(12)13;1-14-8(6-16)10(17)15-7(11(18)19)4-2-3-5-9(12)13;;;/h8-9,15,17-18H,2-7H2,1H3,(H3,13,14)(H,16,20);7-8,15,17H,2-6H2,1H3,(H3,12,13)(H2,14,18)(H,16,19);7-8,14,16H,2-6H2,1H3,(H3,12,13)(H,15,17)(H,18,19);3*1H4/t8?,9-;2*7?,8-;;;/m000.../s1. The molecule has 0 aliphatic rings. The number of ketones is 1. The Balaban J connectivity index is -0.000000182. The number of aliphatic hydroxyl groups is 4. The van der Waals surface area contributed by atoms with E-state index in [0.29, 0.717) is 70.6 Å². The van der Waals surface area contributed by atoms with Crippen LogP contribution < -0.4 is 54.8 Å². The van der Waals surface area contributed by atoms with Crippen molar-refractivity contribution in [2.24, 2.45) is 22.9 Å². The van der Waals surface area contributed by atoms with Crippen LogP contribution in [-0.4, -0.2) is 162 Å². The normalized spacial score (nSPS) is 12.9. The molecule has 0 bridgehead atoms.